The molecule has 0 spiro atoms. The molecule has 0 fully saturated rings. The Kier molecular flexibility index (Phi) is 28.2. The van der Waals surface area contributed by atoms with Gasteiger partial charge in [0.2, 0.25) is 0 Å². The van der Waals surface area contributed by atoms with Crippen LogP contribution in [0.25, 0.3) is 0 Å². The smallest absolute Gasteiger partial charge is 0.716 e. The van der Waals surface area contributed by atoms with Gasteiger partial charge in [0, 0.05) is 6.42 Å². The molecule has 0 aliphatic rings. The Hall–Kier alpha value is 0.936. The minimum Gasteiger partial charge on any atom is -0.716 e. The van der Waals surface area contributed by atoms with Crippen molar-refractivity contribution in [3.63, 3.8) is 0 Å². The monoisotopic (exact) mass is 408 g/mol. The van der Waals surface area contributed by atoms with Gasteiger partial charge in [-0.3, -0.25) is 4.79 Å². The molecular weight excluding hydrogens is 375 g/mol. The average molecular weight is 409 g/mol. The summed E-state index contributed by atoms with van der Waals surface area (Å²) in [4.78, 5) is 10.9. The Morgan fingerprint density at radius 3 is 1.52 bits per heavy atom. The zero-order chi connectivity index (χ0) is 18.7. The van der Waals surface area contributed by atoms with Crippen LogP contribution in [0.15, 0.2) is 0 Å². The van der Waals surface area contributed by atoms with E-state index in [0.29, 0.717) is 6.42 Å². The van der Waals surface area contributed by atoms with Crippen molar-refractivity contribution in [1.29, 1.82) is 0 Å². The number of carbonyl (C=O) groups excluding carboxylic acids is 1. The van der Waals surface area contributed by atoms with Crippen molar-refractivity contribution in [1.82, 2.24) is 0 Å². The molecule has 0 rings (SSSR count). The summed E-state index contributed by atoms with van der Waals surface area (Å²) in [6.45, 7) is 1.96. The van der Waals surface area contributed by atoms with Crippen LogP contribution in [-0.2, 0) is 19.4 Å². The molecule has 25 heavy (non-hydrogen) atoms. The normalized spacial score (nSPS) is 10.4. The molecule has 2 N–H and O–H groups in total. The average Bonchev–Trinajstić information content (AvgIpc) is 2.51. The summed E-state index contributed by atoms with van der Waals surface area (Å²) in [6.07, 6.45) is 12.7. The van der Waals surface area contributed by atoms with Crippen molar-refractivity contribution < 1.29 is 83.5 Å². The minimum atomic E-state index is -4.89. The number of hydrogen-bond acceptors (Lipinski definition) is 7. The van der Waals surface area contributed by atoms with Crippen molar-refractivity contribution in [3.8, 4) is 0 Å². The molecule has 0 amide bonds. The topological polar surface area (TPSA) is 124 Å². The standard InChI is InChI=1S/C14H28O5S.C2H6O2.K/c1-2-3-4-5-6-7-8-9-10-11-12-13-14(15)19-20(16,17)18;3-1-2-4;/h2-13H2,1H3,(H,16,17,18);3-4H,1-2H2;/q;;+1/p-1. The molecule has 0 aromatic rings. The maximum absolute atomic E-state index is 10.9. The first-order valence-electron chi connectivity index (χ1n) is 8.77. The quantitative estimate of drug-likeness (QED) is 0.174. The van der Waals surface area contributed by atoms with E-state index in [2.05, 4.69) is 11.1 Å². The molecule has 0 aromatic heterocycles. The first-order chi connectivity index (χ1) is 11.4. The van der Waals surface area contributed by atoms with Gasteiger partial charge in [-0.2, -0.15) is 0 Å². The zero-order valence-electron chi connectivity index (χ0n) is 15.7. The van der Waals surface area contributed by atoms with E-state index < -0.39 is 16.4 Å². The van der Waals surface area contributed by atoms with Gasteiger partial charge in [0.1, 0.15) is 0 Å². The Labute approximate surface area is 195 Å². The van der Waals surface area contributed by atoms with E-state index in [1.165, 1.54) is 44.9 Å². The molecule has 0 saturated carbocycles. The minimum absolute atomic E-state index is 0. The molecule has 0 aliphatic heterocycles. The summed E-state index contributed by atoms with van der Waals surface area (Å²) in [7, 11) is -4.89. The first-order valence-corrected chi connectivity index (χ1v) is 10.1. The van der Waals surface area contributed by atoms with E-state index in [1.54, 1.807) is 0 Å². The fourth-order valence-corrected chi connectivity index (χ4v) is 2.40. The van der Waals surface area contributed by atoms with Crippen molar-refractivity contribution in [3.05, 3.63) is 0 Å². The third kappa shape index (κ3) is 33.0. The summed E-state index contributed by atoms with van der Waals surface area (Å²) in [5.74, 6) is -0.948. The third-order valence-electron chi connectivity index (χ3n) is 3.28. The van der Waals surface area contributed by atoms with Crippen LogP contribution in [0.3, 0.4) is 0 Å². The number of unbranched alkanes of at least 4 members (excludes halogenated alkanes) is 10. The van der Waals surface area contributed by atoms with Gasteiger partial charge in [0.15, 0.2) is 0 Å². The third-order valence-corrected chi connectivity index (χ3v) is 3.67. The summed E-state index contributed by atoms with van der Waals surface area (Å²) >= 11 is 0. The summed E-state index contributed by atoms with van der Waals surface area (Å²) in [5, 5.41) is 15.2. The van der Waals surface area contributed by atoms with E-state index in [4.69, 9.17) is 10.2 Å². The van der Waals surface area contributed by atoms with Crippen LogP contribution in [0.1, 0.15) is 84.0 Å². The fourth-order valence-electron chi connectivity index (χ4n) is 2.09. The van der Waals surface area contributed by atoms with Gasteiger partial charge >= 0.3 is 57.4 Å². The van der Waals surface area contributed by atoms with E-state index in [0.717, 1.165) is 19.3 Å². The van der Waals surface area contributed by atoms with Crippen LogP contribution in [0.2, 0.25) is 0 Å². The van der Waals surface area contributed by atoms with Gasteiger partial charge in [-0.25, -0.2) is 8.42 Å². The Balaban J connectivity index is -0.000000867. The molecule has 9 heteroatoms. The van der Waals surface area contributed by atoms with Gasteiger partial charge in [-0.05, 0) is 6.42 Å². The molecule has 0 bridgehead atoms. The molecule has 0 aliphatic carbocycles. The van der Waals surface area contributed by atoms with Crippen LogP contribution in [0.4, 0.5) is 0 Å². The molecule has 0 radical (unpaired) electrons. The summed E-state index contributed by atoms with van der Waals surface area (Å²) in [5.41, 5.74) is 0. The maximum Gasteiger partial charge on any atom is 1.00 e. The van der Waals surface area contributed by atoms with Gasteiger partial charge in [-0.15, -0.1) is 0 Å². The van der Waals surface area contributed by atoms with E-state index >= 15 is 0 Å². The first kappa shape index (κ1) is 30.7. The van der Waals surface area contributed by atoms with Crippen LogP contribution in [-0.4, -0.2) is 42.4 Å². The van der Waals surface area contributed by atoms with Gasteiger partial charge in [-0.1, -0.05) is 71.1 Å². The molecule has 146 valence electrons. The molecular formula is C16H33KO7S. The Bertz CT molecular complexity index is 373. The second-order valence-electron chi connectivity index (χ2n) is 5.60. The van der Waals surface area contributed by atoms with Crippen LogP contribution < -0.4 is 51.4 Å². The van der Waals surface area contributed by atoms with Crippen molar-refractivity contribution >= 4 is 16.4 Å². The second-order valence-corrected chi connectivity index (χ2v) is 6.58. The second kappa shape index (κ2) is 23.0. The summed E-state index contributed by atoms with van der Waals surface area (Å²) in [6, 6.07) is 0. The van der Waals surface area contributed by atoms with Crippen LogP contribution in [0.5, 0.6) is 0 Å². The van der Waals surface area contributed by atoms with Crippen molar-refractivity contribution in [2.24, 2.45) is 0 Å². The molecule has 7 nitrogen and oxygen atoms in total. The zero-order valence-corrected chi connectivity index (χ0v) is 19.7. The van der Waals surface area contributed by atoms with Crippen LogP contribution in [0, 0.1) is 0 Å². The largest absolute Gasteiger partial charge is 1.00 e. The van der Waals surface area contributed by atoms with Gasteiger partial charge < -0.3 is 18.9 Å². The van der Waals surface area contributed by atoms with Crippen molar-refractivity contribution in [2.45, 2.75) is 84.0 Å². The summed E-state index contributed by atoms with van der Waals surface area (Å²) < 4.78 is 34.1. The molecule has 0 unspecified atom stereocenters. The number of aliphatic hydroxyl groups excluding tert-OH is 2. The molecule has 0 aromatic carbocycles. The number of carbonyl (C=O) groups is 1. The molecule has 0 saturated heterocycles. The van der Waals surface area contributed by atoms with E-state index in [9.17, 15) is 17.8 Å². The molecule has 0 atom stereocenters. The number of aliphatic hydroxyl groups is 2. The Morgan fingerprint density at radius 2 is 1.20 bits per heavy atom. The predicted molar refractivity (Wildman–Crippen MR) is 91.0 cm³/mol. The maximum atomic E-state index is 10.9. The van der Waals surface area contributed by atoms with Gasteiger partial charge in [0.25, 0.3) is 10.4 Å². The van der Waals surface area contributed by atoms with Crippen LogP contribution >= 0.6 is 0 Å². The van der Waals surface area contributed by atoms with Crippen molar-refractivity contribution in [2.75, 3.05) is 13.2 Å². The number of hydrogen-bond donors (Lipinski definition) is 2. The predicted octanol–water partition coefficient (Wildman–Crippen LogP) is -0.334. The van der Waals surface area contributed by atoms with E-state index in [-0.39, 0.29) is 71.0 Å². The fraction of sp³-hybridized carbons (Fsp3) is 0.938. The van der Waals surface area contributed by atoms with E-state index in [1.807, 2.05) is 0 Å². The molecule has 0 heterocycles. The Morgan fingerprint density at radius 1 is 0.840 bits per heavy atom. The SMILES string of the molecule is CCCCCCCCCCCCCC(=O)OS(=O)(=O)[O-].OCCO.[K+]. The van der Waals surface area contributed by atoms with Gasteiger partial charge in [0.05, 0.1) is 13.2 Å². The number of rotatable bonds is 14.